The highest BCUT2D eigenvalue weighted by Crippen LogP contribution is 2.19. The van der Waals surface area contributed by atoms with Crippen LogP contribution < -0.4 is 4.74 Å². The van der Waals surface area contributed by atoms with Crippen LogP contribution in [0, 0.1) is 0 Å². The molecule has 1 aliphatic carbocycles. The zero-order valence-electron chi connectivity index (χ0n) is 8.21. The van der Waals surface area contributed by atoms with Crippen LogP contribution in [0.3, 0.4) is 0 Å². The third-order valence-corrected chi connectivity index (χ3v) is 1.98. The van der Waals surface area contributed by atoms with Crippen LogP contribution in [-0.4, -0.2) is 16.7 Å². The summed E-state index contributed by atoms with van der Waals surface area (Å²) < 4.78 is 5.22. The quantitative estimate of drug-likeness (QED) is 0.758. The molecule has 0 aliphatic heterocycles. The van der Waals surface area contributed by atoms with Crippen LogP contribution in [0.4, 0.5) is 0 Å². The van der Waals surface area contributed by atoms with Gasteiger partial charge in [-0.25, -0.2) is 0 Å². The van der Waals surface area contributed by atoms with Crippen LogP contribution in [0.25, 0.3) is 0 Å². The zero-order valence-corrected chi connectivity index (χ0v) is 8.21. The Morgan fingerprint density at radius 3 is 2.38 bits per heavy atom. The summed E-state index contributed by atoms with van der Waals surface area (Å²) in [6.07, 6.45) is 3.49. The molecule has 0 spiro atoms. The van der Waals surface area contributed by atoms with Crippen molar-refractivity contribution in [1.82, 2.24) is 0 Å². The van der Waals surface area contributed by atoms with E-state index in [1.165, 1.54) is 30.3 Å². The second-order valence-corrected chi connectivity index (χ2v) is 3.20. The molecule has 0 fully saturated rings. The number of hydrogen-bond acceptors (Lipinski definition) is 4. The van der Waals surface area contributed by atoms with E-state index in [-0.39, 0.29) is 23.1 Å². The van der Waals surface area contributed by atoms with Crippen LogP contribution in [0.2, 0.25) is 0 Å². The Balaban J connectivity index is 2.18. The predicted octanol–water partition coefficient (Wildman–Crippen LogP) is 1.36. The fraction of sp³-hybridized carbons (Fsp3) is 0. The molecule has 2 rings (SSSR count). The van der Waals surface area contributed by atoms with Gasteiger partial charge in [0, 0.05) is 6.08 Å². The van der Waals surface area contributed by atoms with E-state index in [1.54, 1.807) is 0 Å². The summed E-state index contributed by atoms with van der Waals surface area (Å²) >= 11 is 0. The van der Waals surface area contributed by atoms with Gasteiger partial charge in [-0.05, 0) is 36.4 Å². The lowest BCUT2D eigenvalue weighted by atomic mass is 10.1. The summed E-state index contributed by atoms with van der Waals surface area (Å²) in [5.74, 6) is -0.160. The summed E-state index contributed by atoms with van der Waals surface area (Å²) in [5, 5.41) is 9.05. The number of phenols is 1. The van der Waals surface area contributed by atoms with Crippen molar-refractivity contribution in [2.24, 2.45) is 0 Å². The van der Waals surface area contributed by atoms with Gasteiger partial charge in [0.15, 0.2) is 11.5 Å². The molecule has 0 unspecified atom stereocenters. The first-order chi connectivity index (χ1) is 7.65. The maximum Gasteiger partial charge on any atom is 0.221 e. The molecule has 0 amide bonds. The highest BCUT2D eigenvalue weighted by Gasteiger charge is 2.15. The molecule has 1 aromatic rings. The van der Waals surface area contributed by atoms with Crippen LogP contribution in [0.1, 0.15) is 0 Å². The molecule has 1 N–H and O–H groups in total. The summed E-state index contributed by atoms with van der Waals surface area (Å²) in [7, 11) is 0. The number of phenolic OH excluding ortho intramolecular Hbond substituents is 1. The lowest BCUT2D eigenvalue weighted by Gasteiger charge is -2.08. The summed E-state index contributed by atoms with van der Waals surface area (Å²) in [4.78, 5) is 22.4. The maximum absolute atomic E-state index is 11.3. The Bertz CT molecular complexity index is 494. The largest absolute Gasteiger partial charge is 0.508 e. The summed E-state index contributed by atoms with van der Waals surface area (Å²) in [6.45, 7) is 0. The van der Waals surface area contributed by atoms with Gasteiger partial charge in [-0.15, -0.1) is 0 Å². The van der Waals surface area contributed by atoms with E-state index in [0.717, 1.165) is 12.2 Å². The molecule has 16 heavy (non-hydrogen) atoms. The zero-order chi connectivity index (χ0) is 11.5. The summed E-state index contributed by atoms with van der Waals surface area (Å²) in [6, 6.07) is 5.88. The fourth-order valence-corrected chi connectivity index (χ4v) is 1.21. The highest BCUT2D eigenvalue weighted by atomic mass is 16.5. The molecule has 0 saturated carbocycles. The third kappa shape index (κ3) is 2.17. The highest BCUT2D eigenvalue weighted by molar-refractivity contribution is 6.16. The predicted molar refractivity (Wildman–Crippen MR) is 56.0 cm³/mol. The number of allylic oxidation sites excluding steroid dienone is 3. The van der Waals surface area contributed by atoms with Crippen LogP contribution in [0.5, 0.6) is 11.5 Å². The van der Waals surface area contributed by atoms with Crippen molar-refractivity contribution in [2.75, 3.05) is 0 Å². The fourth-order valence-electron chi connectivity index (χ4n) is 1.21. The molecular weight excluding hydrogens is 208 g/mol. The van der Waals surface area contributed by atoms with Gasteiger partial charge in [-0.1, -0.05) is 0 Å². The molecule has 0 heterocycles. The van der Waals surface area contributed by atoms with E-state index < -0.39 is 0 Å². The maximum atomic E-state index is 11.3. The van der Waals surface area contributed by atoms with Crippen molar-refractivity contribution in [3.63, 3.8) is 0 Å². The van der Waals surface area contributed by atoms with Crippen molar-refractivity contribution in [1.29, 1.82) is 0 Å². The van der Waals surface area contributed by atoms with Gasteiger partial charge >= 0.3 is 0 Å². The number of ether oxygens (including phenoxy) is 1. The summed E-state index contributed by atoms with van der Waals surface area (Å²) in [5.41, 5.74) is 0. The number of rotatable bonds is 2. The van der Waals surface area contributed by atoms with Gasteiger partial charge in [-0.3, -0.25) is 9.59 Å². The van der Waals surface area contributed by atoms with E-state index in [4.69, 9.17) is 9.84 Å². The first-order valence-electron chi connectivity index (χ1n) is 4.60. The van der Waals surface area contributed by atoms with Crippen LogP contribution in [0.15, 0.2) is 48.3 Å². The second-order valence-electron chi connectivity index (χ2n) is 3.20. The van der Waals surface area contributed by atoms with Crippen molar-refractivity contribution in [3.05, 3.63) is 48.3 Å². The molecule has 0 atom stereocenters. The lowest BCUT2D eigenvalue weighted by molar-refractivity contribution is -0.116. The van der Waals surface area contributed by atoms with Gasteiger partial charge in [0.25, 0.3) is 0 Å². The number of carbonyl (C=O) groups excluding carboxylic acids is 2. The average molecular weight is 216 g/mol. The van der Waals surface area contributed by atoms with E-state index in [9.17, 15) is 9.59 Å². The number of ketones is 2. The Kier molecular flexibility index (Phi) is 2.55. The smallest absolute Gasteiger partial charge is 0.221 e. The number of benzene rings is 1. The van der Waals surface area contributed by atoms with Crippen molar-refractivity contribution < 1.29 is 19.4 Å². The molecule has 0 radical (unpaired) electrons. The Hall–Kier alpha value is -2.36. The first-order valence-corrected chi connectivity index (χ1v) is 4.60. The lowest BCUT2D eigenvalue weighted by Crippen LogP contribution is -2.12. The topological polar surface area (TPSA) is 63.6 Å². The van der Waals surface area contributed by atoms with E-state index in [0.29, 0.717) is 5.75 Å². The standard InChI is InChI=1S/C12H8O4/c13-8-1-4-10(5-2-8)16-12-7-9(14)3-6-11(12)15/h1-7,13H. The normalized spacial score (nSPS) is 14.9. The van der Waals surface area contributed by atoms with Crippen LogP contribution in [-0.2, 0) is 9.59 Å². The Morgan fingerprint density at radius 2 is 1.69 bits per heavy atom. The van der Waals surface area contributed by atoms with E-state index in [1.807, 2.05) is 0 Å². The molecule has 4 heteroatoms. The van der Waals surface area contributed by atoms with Crippen molar-refractivity contribution >= 4 is 11.6 Å². The van der Waals surface area contributed by atoms with E-state index in [2.05, 4.69) is 0 Å². The molecule has 80 valence electrons. The molecule has 1 aliphatic rings. The average Bonchev–Trinajstić information content (AvgIpc) is 2.27. The van der Waals surface area contributed by atoms with Crippen LogP contribution >= 0.6 is 0 Å². The molecule has 0 bridgehead atoms. The monoisotopic (exact) mass is 216 g/mol. The number of hydrogen-bond donors (Lipinski definition) is 1. The molecule has 1 aromatic carbocycles. The second kappa shape index (κ2) is 4.02. The number of carbonyl (C=O) groups is 2. The SMILES string of the molecule is O=C1C=CC(=O)C(Oc2ccc(O)cc2)=C1. The molecule has 4 nitrogen and oxygen atoms in total. The van der Waals surface area contributed by atoms with Crippen molar-refractivity contribution in [3.8, 4) is 11.5 Å². The van der Waals surface area contributed by atoms with E-state index >= 15 is 0 Å². The van der Waals surface area contributed by atoms with Gasteiger partial charge in [-0.2, -0.15) is 0 Å². The Morgan fingerprint density at radius 1 is 1.00 bits per heavy atom. The molecule has 0 saturated heterocycles. The third-order valence-electron chi connectivity index (χ3n) is 1.98. The minimum absolute atomic E-state index is 0.0156. The van der Waals surface area contributed by atoms with Gasteiger partial charge in [0.2, 0.25) is 5.78 Å². The van der Waals surface area contributed by atoms with Gasteiger partial charge in [0.05, 0.1) is 0 Å². The van der Waals surface area contributed by atoms with Crippen molar-refractivity contribution in [2.45, 2.75) is 0 Å². The van der Waals surface area contributed by atoms with Gasteiger partial charge < -0.3 is 9.84 Å². The Labute approximate surface area is 91.5 Å². The number of aromatic hydroxyl groups is 1. The minimum Gasteiger partial charge on any atom is -0.508 e. The molecular formula is C12H8O4. The van der Waals surface area contributed by atoms with Gasteiger partial charge in [0.1, 0.15) is 11.5 Å². The first kappa shape index (κ1) is 10.2. The molecule has 0 aromatic heterocycles. The minimum atomic E-state index is -0.354.